The van der Waals surface area contributed by atoms with Crippen LogP contribution in [-0.4, -0.2) is 15.9 Å². The van der Waals surface area contributed by atoms with E-state index in [0.717, 1.165) is 0 Å². The molecule has 0 atom stereocenters. The lowest BCUT2D eigenvalue weighted by Gasteiger charge is -2.19. The van der Waals surface area contributed by atoms with E-state index in [2.05, 4.69) is 9.72 Å². The number of alkyl halides is 3. The van der Waals surface area contributed by atoms with Gasteiger partial charge in [-0.3, -0.25) is 9.36 Å². The van der Waals surface area contributed by atoms with Gasteiger partial charge >= 0.3 is 6.36 Å². The quantitative estimate of drug-likeness (QED) is 0.304. The van der Waals surface area contributed by atoms with E-state index in [1.807, 2.05) is 48.5 Å². The summed E-state index contributed by atoms with van der Waals surface area (Å²) in [7, 11) is 0. The summed E-state index contributed by atoms with van der Waals surface area (Å²) in [6, 6.07) is 27.3. The van der Waals surface area contributed by atoms with Crippen molar-refractivity contribution in [2.75, 3.05) is 0 Å². The summed E-state index contributed by atoms with van der Waals surface area (Å²) in [5.41, 5.74) is 2.29. The van der Waals surface area contributed by atoms with Crippen LogP contribution in [0.4, 0.5) is 13.2 Å². The number of hydrogen-bond donors (Lipinski definition) is 0. The largest absolute Gasteiger partial charge is 0.573 e. The summed E-state index contributed by atoms with van der Waals surface area (Å²) in [4.78, 5) is 18.3. The van der Waals surface area contributed by atoms with Crippen molar-refractivity contribution in [3.8, 4) is 33.8 Å². The van der Waals surface area contributed by atoms with Crippen molar-refractivity contribution in [2.24, 2.45) is 0 Å². The molecule has 0 bridgehead atoms. The molecule has 0 fully saturated rings. The summed E-state index contributed by atoms with van der Waals surface area (Å²) in [5.74, 6) is -0.0128. The van der Waals surface area contributed by atoms with Crippen LogP contribution in [0.15, 0.2) is 108 Å². The standard InChI is InChI=1S/C27H17F3N2O2/c28-27(29,30)34-20-14-15-22-21(17-20)24(18-9-3-1-4-10-18)25(19-11-5-2-6-12-19)26(33)32(22)23-13-7-8-16-31-23/h1-17H. The van der Waals surface area contributed by atoms with Gasteiger partial charge in [-0.1, -0.05) is 66.7 Å². The Hall–Kier alpha value is -4.39. The Morgan fingerprint density at radius 1 is 0.735 bits per heavy atom. The number of rotatable bonds is 4. The number of halogens is 3. The topological polar surface area (TPSA) is 44.1 Å². The third-order valence-corrected chi connectivity index (χ3v) is 5.38. The van der Waals surface area contributed by atoms with Crippen LogP contribution >= 0.6 is 0 Å². The maximum atomic E-state index is 14.0. The minimum Gasteiger partial charge on any atom is -0.406 e. The predicted molar refractivity (Wildman–Crippen MR) is 125 cm³/mol. The Morgan fingerprint density at radius 2 is 1.35 bits per heavy atom. The number of hydrogen-bond acceptors (Lipinski definition) is 3. The first kappa shape index (κ1) is 21.5. The highest BCUT2D eigenvalue weighted by molar-refractivity contribution is 6.03. The van der Waals surface area contributed by atoms with Gasteiger partial charge in [-0.25, -0.2) is 4.98 Å². The van der Waals surface area contributed by atoms with Crippen molar-refractivity contribution in [3.05, 3.63) is 114 Å². The second-order valence-electron chi connectivity index (χ2n) is 7.54. The van der Waals surface area contributed by atoms with Gasteiger partial charge in [0.25, 0.3) is 5.56 Å². The maximum Gasteiger partial charge on any atom is 0.573 e. The molecule has 0 amide bonds. The lowest BCUT2D eigenvalue weighted by atomic mass is 9.92. The second kappa shape index (κ2) is 8.51. The molecule has 2 aromatic heterocycles. The minimum atomic E-state index is -4.85. The monoisotopic (exact) mass is 458 g/mol. The Balaban J connectivity index is 1.97. The third-order valence-electron chi connectivity index (χ3n) is 5.38. The van der Waals surface area contributed by atoms with Crippen molar-refractivity contribution in [3.63, 3.8) is 0 Å². The van der Waals surface area contributed by atoms with Crippen LogP contribution in [0.5, 0.6) is 5.75 Å². The van der Waals surface area contributed by atoms with Crippen molar-refractivity contribution in [1.82, 2.24) is 9.55 Å². The first-order valence-corrected chi connectivity index (χ1v) is 10.4. The van der Waals surface area contributed by atoms with Crippen LogP contribution in [0.3, 0.4) is 0 Å². The number of aromatic nitrogens is 2. The molecule has 5 aromatic rings. The molecule has 2 heterocycles. The van der Waals surface area contributed by atoms with Gasteiger partial charge in [-0.2, -0.15) is 0 Å². The van der Waals surface area contributed by atoms with Crippen molar-refractivity contribution in [2.45, 2.75) is 6.36 Å². The fourth-order valence-corrected chi connectivity index (χ4v) is 4.06. The van der Waals surface area contributed by atoms with Crippen molar-refractivity contribution >= 4 is 10.9 Å². The number of benzene rings is 3. The average molecular weight is 458 g/mol. The highest BCUT2D eigenvalue weighted by Crippen LogP contribution is 2.38. The number of ether oxygens (including phenoxy) is 1. The van der Waals surface area contributed by atoms with E-state index < -0.39 is 6.36 Å². The SMILES string of the molecule is O=c1c(-c2ccccc2)c(-c2ccccc2)c2cc(OC(F)(F)F)ccc2n1-c1ccccn1. The van der Waals surface area contributed by atoms with Gasteiger partial charge in [0.1, 0.15) is 11.6 Å². The van der Waals surface area contributed by atoms with E-state index in [0.29, 0.717) is 39.0 Å². The zero-order valence-corrected chi connectivity index (χ0v) is 17.7. The second-order valence-corrected chi connectivity index (χ2v) is 7.54. The maximum absolute atomic E-state index is 14.0. The van der Waals surface area contributed by atoms with Gasteiger partial charge in [0.15, 0.2) is 0 Å². The minimum absolute atomic E-state index is 0.333. The Morgan fingerprint density at radius 3 is 1.94 bits per heavy atom. The molecule has 0 aliphatic rings. The molecule has 3 aromatic carbocycles. The molecule has 34 heavy (non-hydrogen) atoms. The highest BCUT2D eigenvalue weighted by Gasteiger charge is 2.31. The Labute approximate surface area is 192 Å². The van der Waals surface area contributed by atoms with Crippen LogP contribution in [0.25, 0.3) is 39.0 Å². The lowest BCUT2D eigenvalue weighted by Crippen LogP contribution is -2.23. The molecule has 0 saturated carbocycles. The molecular formula is C27H17F3N2O2. The molecule has 4 nitrogen and oxygen atoms in total. The number of fused-ring (bicyclic) bond motifs is 1. The van der Waals surface area contributed by atoms with Crippen LogP contribution in [0, 0.1) is 0 Å². The first-order valence-electron chi connectivity index (χ1n) is 10.4. The summed E-state index contributed by atoms with van der Waals surface area (Å²) < 4.78 is 44.7. The molecule has 0 unspecified atom stereocenters. The number of pyridine rings is 2. The fourth-order valence-electron chi connectivity index (χ4n) is 4.06. The first-order chi connectivity index (χ1) is 16.4. The van der Waals surface area contributed by atoms with Crippen LogP contribution < -0.4 is 10.3 Å². The van der Waals surface area contributed by atoms with Crippen LogP contribution in [0.2, 0.25) is 0 Å². The van der Waals surface area contributed by atoms with Gasteiger partial charge < -0.3 is 4.74 Å². The van der Waals surface area contributed by atoms with E-state index in [1.54, 1.807) is 36.5 Å². The van der Waals surface area contributed by atoms with Gasteiger partial charge in [-0.05, 0) is 41.5 Å². The predicted octanol–water partition coefficient (Wildman–Crippen LogP) is 6.62. The van der Waals surface area contributed by atoms with E-state index in [4.69, 9.17) is 0 Å². The fraction of sp³-hybridized carbons (Fsp3) is 0.0370. The summed E-state index contributed by atoms with van der Waals surface area (Å²) in [6.07, 6.45) is -3.29. The van der Waals surface area contributed by atoms with Crippen molar-refractivity contribution in [1.29, 1.82) is 0 Å². The third kappa shape index (κ3) is 4.03. The normalized spacial score (nSPS) is 11.5. The molecule has 0 N–H and O–H groups in total. The van der Waals surface area contributed by atoms with Crippen LogP contribution in [-0.2, 0) is 0 Å². The lowest BCUT2D eigenvalue weighted by molar-refractivity contribution is -0.274. The zero-order chi connectivity index (χ0) is 23.7. The molecule has 5 rings (SSSR count). The molecular weight excluding hydrogens is 441 g/mol. The van der Waals surface area contributed by atoms with E-state index >= 15 is 0 Å². The Kier molecular flexibility index (Phi) is 5.37. The Bertz CT molecular complexity index is 1520. The summed E-state index contributed by atoms with van der Waals surface area (Å²) in [5, 5.41) is 0.428. The van der Waals surface area contributed by atoms with E-state index in [1.165, 1.54) is 22.8 Å². The molecule has 0 saturated heterocycles. The number of nitrogens with zero attached hydrogens (tertiary/aromatic N) is 2. The molecule has 0 radical (unpaired) electrons. The highest BCUT2D eigenvalue weighted by atomic mass is 19.4. The molecule has 7 heteroatoms. The molecule has 168 valence electrons. The summed E-state index contributed by atoms with van der Waals surface area (Å²) >= 11 is 0. The zero-order valence-electron chi connectivity index (χ0n) is 17.7. The smallest absolute Gasteiger partial charge is 0.406 e. The van der Waals surface area contributed by atoms with Gasteiger partial charge in [0, 0.05) is 17.1 Å². The van der Waals surface area contributed by atoms with Gasteiger partial charge in [-0.15, -0.1) is 13.2 Å². The van der Waals surface area contributed by atoms with E-state index in [9.17, 15) is 18.0 Å². The molecule has 0 aliphatic carbocycles. The van der Waals surface area contributed by atoms with E-state index in [-0.39, 0.29) is 11.3 Å². The van der Waals surface area contributed by atoms with Gasteiger partial charge in [0.05, 0.1) is 11.1 Å². The molecule has 0 spiro atoms. The van der Waals surface area contributed by atoms with Crippen molar-refractivity contribution < 1.29 is 17.9 Å². The van der Waals surface area contributed by atoms with Crippen LogP contribution in [0.1, 0.15) is 0 Å². The average Bonchev–Trinajstić information content (AvgIpc) is 2.84. The summed E-state index contributed by atoms with van der Waals surface area (Å²) in [6.45, 7) is 0. The molecule has 0 aliphatic heterocycles. The van der Waals surface area contributed by atoms with Gasteiger partial charge in [0.2, 0.25) is 0 Å².